The molecular formula is C10H13FO2S. The summed E-state index contributed by atoms with van der Waals surface area (Å²) in [5.74, 6) is -0.435. The van der Waals surface area contributed by atoms with Crippen LogP contribution in [-0.4, -0.2) is 14.2 Å². The lowest BCUT2D eigenvalue weighted by Gasteiger charge is -2.03. The molecular weight excluding hydrogens is 203 g/mol. The topological polar surface area (TPSA) is 34.1 Å². The molecule has 0 amide bonds. The highest BCUT2D eigenvalue weighted by Gasteiger charge is 2.07. The highest BCUT2D eigenvalue weighted by molar-refractivity contribution is 7.86. The van der Waals surface area contributed by atoms with Crippen LogP contribution in [0.25, 0.3) is 0 Å². The summed E-state index contributed by atoms with van der Waals surface area (Å²) < 4.78 is 32.8. The fourth-order valence-electron chi connectivity index (χ4n) is 1.20. The smallest absolute Gasteiger partial charge is 0.195 e. The Morgan fingerprint density at radius 2 is 1.86 bits per heavy atom. The minimum Gasteiger partial charge on any atom is -0.195 e. The van der Waals surface area contributed by atoms with Crippen molar-refractivity contribution in [3.05, 3.63) is 34.9 Å². The fraction of sp³-hybridized carbons (Fsp3) is 0.400. The van der Waals surface area contributed by atoms with Gasteiger partial charge in [0.05, 0.1) is 5.75 Å². The normalized spacial score (nSPS) is 11.6. The third-order valence-corrected chi connectivity index (χ3v) is 2.90. The molecule has 0 aliphatic carbocycles. The first-order chi connectivity index (χ1) is 6.38. The zero-order chi connectivity index (χ0) is 10.8. The highest BCUT2D eigenvalue weighted by Crippen LogP contribution is 2.11. The number of hydrogen-bond donors (Lipinski definition) is 0. The summed E-state index contributed by atoms with van der Waals surface area (Å²) in [4.78, 5) is 0. The molecule has 0 aliphatic heterocycles. The van der Waals surface area contributed by atoms with Crippen LogP contribution in [0.1, 0.15) is 16.7 Å². The van der Waals surface area contributed by atoms with Crippen molar-refractivity contribution < 1.29 is 12.3 Å². The molecule has 0 spiro atoms. The SMILES string of the molecule is Cc1ccc(CCS(=O)(=O)F)cc1C. The minimum atomic E-state index is -4.35. The lowest BCUT2D eigenvalue weighted by atomic mass is 10.1. The van der Waals surface area contributed by atoms with Crippen molar-refractivity contribution in [1.29, 1.82) is 0 Å². The molecule has 1 aromatic rings. The summed E-state index contributed by atoms with van der Waals surface area (Å²) in [5, 5.41) is 0. The Hall–Kier alpha value is -0.900. The van der Waals surface area contributed by atoms with Crippen molar-refractivity contribution in [2.45, 2.75) is 20.3 Å². The van der Waals surface area contributed by atoms with Gasteiger partial charge in [0.25, 0.3) is 0 Å². The fourth-order valence-corrected chi connectivity index (χ4v) is 1.68. The molecule has 0 radical (unpaired) electrons. The van der Waals surface area contributed by atoms with Gasteiger partial charge in [0.15, 0.2) is 0 Å². The Balaban J connectivity index is 2.74. The van der Waals surface area contributed by atoms with Crippen molar-refractivity contribution in [3.63, 3.8) is 0 Å². The van der Waals surface area contributed by atoms with Crippen LogP contribution in [0.4, 0.5) is 3.89 Å². The van der Waals surface area contributed by atoms with E-state index in [-0.39, 0.29) is 6.42 Å². The molecule has 1 aromatic carbocycles. The van der Waals surface area contributed by atoms with Crippen LogP contribution in [0.3, 0.4) is 0 Å². The van der Waals surface area contributed by atoms with E-state index in [0.29, 0.717) is 0 Å². The van der Waals surface area contributed by atoms with E-state index in [4.69, 9.17) is 0 Å². The summed E-state index contributed by atoms with van der Waals surface area (Å²) in [5.41, 5.74) is 3.10. The van der Waals surface area contributed by atoms with Crippen molar-refractivity contribution in [2.75, 3.05) is 5.75 Å². The van der Waals surface area contributed by atoms with E-state index in [1.54, 1.807) is 0 Å². The van der Waals surface area contributed by atoms with Crippen LogP contribution in [0.15, 0.2) is 18.2 Å². The predicted octanol–water partition coefficient (Wildman–Crippen LogP) is 2.15. The second-order valence-corrected chi connectivity index (χ2v) is 4.90. The van der Waals surface area contributed by atoms with Gasteiger partial charge in [-0.3, -0.25) is 0 Å². The molecule has 0 saturated carbocycles. The summed E-state index contributed by atoms with van der Waals surface area (Å²) in [6, 6.07) is 5.63. The molecule has 0 N–H and O–H groups in total. The quantitative estimate of drug-likeness (QED) is 0.725. The van der Waals surface area contributed by atoms with Gasteiger partial charge in [0, 0.05) is 0 Å². The number of hydrogen-bond acceptors (Lipinski definition) is 2. The summed E-state index contributed by atoms with van der Waals surface area (Å²) in [7, 11) is -4.35. The average Bonchev–Trinajstić information content (AvgIpc) is 2.06. The number of benzene rings is 1. The Labute approximate surface area is 84.0 Å². The largest absolute Gasteiger partial charge is 0.302 e. The summed E-state index contributed by atoms with van der Waals surface area (Å²) in [6.45, 7) is 3.92. The number of aryl methyl sites for hydroxylation is 3. The van der Waals surface area contributed by atoms with Crippen LogP contribution in [0.2, 0.25) is 0 Å². The Morgan fingerprint density at radius 3 is 2.36 bits per heavy atom. The number of rotatable bonds is 3. The third kappa shape index (κ3) is 3.46. The van der Waals surface area contributed by atoms with Gasteiger partial charge in [0.2, 0.25) is 0 Å². The van der Waals surface area contributed by atoms with E-state index in [2.05, 4.69) is 0 Å². The maximum absolute atomic E-state index is 12.2. The first kappa shape index (κ1) is 11.2. The van der Waals surface area contributed by atoms with Gasteiger partial charge in [-0.2, -0.15) is 8.42 Å². The molecule has 1 rings (SSSR count). The van der Waals surface area contributed by atoms with Gasteiger partial charge in [-0.05, 0) is 37.0 Å². The minimum absolute atomic E-state index is 0.236. The summed E-state index contributed by atoms with van der Waals surface area (Å²) >= 11 is 0. The second kappa shape index (κ2) is 4.09. The molecule has 0 bridgehead atoms. The molecule has 0 aliphatic rings. The molecule has 0 atom stereocenters. The molecule has 0 unspecified atom stereocenters. The second-order valence-electron chi connectivity index (χ2n) is 3.41. The molecule has 78 valence electrons. The van der Waals surface area contributed by atoms with Gasteiger partial charge in [-0.1, -0.05) is 18.2 Å². The van der Waals surface area contributed by atoms with Crippen molar-refractivity contribution in [3.8, 4) is 0 Å². The number of halogens is 1. The van der Waals surface area contributed by atoms with E-state index >= 15 is 0 Å². The van der Waals surface area contributed by atoms with Gasteiger partial charge >= 0.3 is 10.2 Å². The average molecular weight is 216 g/mol. The standard InChI is InChI=1S/C10H13FO2S/c1-8-3-4-10(7-9(8)2)5-6-14(11,12)13/h3-4,7H,5-6H2,1-2H3. The molecule has 0 fully saturated rings. The third-order valence-electron chi connectivity index (χ3n) is 2.21. The zero-order valence-electron chi connectivity index (χ0n) is 8.25. The lowest BCUT2D eigenvalue weighted by Crippen LogP contribution is -2.02. The van der Waals surface area contributed by atoms with E-state index in [9.17, 15) is 12.3 Å². The maximum Gasteiger partial charge on any atom is 0.302 e. The van der Waals surface area contributed by atoms with E-state index in [0.717, 1.165) is 16.7 Å². The molecule has 4 heteroatoms. The maximum atomic E-state index is 12.2. The summed E-state index contributed by atoms with van der Waals surface area (Å²) in [6.07, 6.45) is 0.236. The Bertz CT molecular complexity index is 424. The van der Waals surface area contributed by atoms with Crippen LogP contribution in [0.5, 0.6) is 0 Å². The van der Waals surface area contributed by atoms with Gasteiger partial charge in [0.1, 0.15) is 0 Å². The van der Waals surface area contributed by atoms with Crippen molar-refractivity contribution in [2.24, 2.45) is 0 Å². The van der Waals surface area contributed by atoms with Crippen LogP contribution < -0.4 is 0 Å². The van der Waals surface area contributed by atoms with E-state index in [1.165, 1.54) is 0 Å². The highest BCUT2D eigenvalue weighted by atomic mass is 32.3. The lowest BCUT2D eigenvalue weighted by molar-refractivity contribution is 0.551. The Morgan fingerprint density at radius 1 is 1.21 bits per heavy atom. The van der Waals surface area contributed by atoms with Crippen molar-refractivity contribution in [1.82, 2.24) is 0 Å². The van der Waals surface area contributed by atoms with Crippen LogP contribution in [-0.2, 0) is 16.6 Å². The van der Waals surface area contributed by atoms with Crippen LogP contribution in [0, 0.1) is 13.8 Å². The first-order valence-electron chi connectivity index (χ1n) is 4.37. The zero-order valence-corrected chi connectivity index (χ0v) is 9.07. The van der Waals surface area contributed by atoms with Gasteiger partial charge in [-0.25, -0.2) is 0 Å². The Kier molecular flexibility index (Phi) is 3.26. The van der Waals surface area contributed by atoms with Crippen molar-refractivity contribution >= 4 is 10.2 Å². The molecule has 14 heavy (non-hydrogen) atoms. The monoisotopic (exact) mass is 216 g/mol. The van der Waals surface area contributed by atoms with E-state index in [1.807, 2.05) is 32.0 Å². The first-order valence-corrected chi connectivity index (χ1v) is 5.92. The van der Waals surface area contributed by atoms with Gasteiger partial charge in [-0.15, -0.1) is 3.89 Å². The van der Waals surface area contributed by atoms with Crippen LogP contribution >= 0.6 is 0 Å². The predicted molar refractivity (Wildman–Crippen MR) is 54.5 cm³/mol. The molecule has 0 heterocycles. The molecule has 0 saturated heterocycles. The molecule has 0 aromatic heterocycles. The van der Waals surface area contributed by atoms with E-state index < -0.39 is 16.0 Å². The molecule has 2 nitrogen and oxygen atoms in total. The van der Waals surface area contributed by atoms with Gasteiger partial charge < -0.3 is 0 Å².